The van der Waals surface area contributed by atoms with Crippen LogP contribution in [0.5, 0.6) is 0 Å². The molecule has 0 radical (unpaired) electrons. The number of carbonyl (C=O) groups excluding carboxylic acids is 1. The molecule has 0 fully saturated rings. The predicted octanol–water partition coefficient (Wildman–Crippen LogP) is 2.89. The average Bonchev–Trinajstić information content (AvgIpc) is 3.07. The number of halogens is 1. The van der Waals surface area contributed by atoms with Crippen molar-refractivity contribution in [1.82, 2.24) is 5.01 Å². The molecule has 0 aliphatic carbocycles. The van der Waals surface area contributed by atoms with E-state index in [0.29, 0.717) is 23.6 Å². The molecule has 3 rings (SSSR count). The molecule has 2 aromatic rings. The van der Waals surface area contributed by atoms with Crippen LogP contribution in [-0.4, -0.2) is 37.3 Å². The molecule has 0 atom stereocenters. The molecule has 2 aromatic carbocycles. The third-order valence-electron chi connectivity index (χ3n) is 3.84. The third kappa shape index (κ3) is 4.67. The van der Waals surface area contributed by atoms with Crippen molar-refractivity contribution in [2.75, 3.05) is 12.3 Å². The SMILES string of the molecule is O=C(CS(=O)(=O)Cc1ccc(Cl)cc1)N1CCC(c2ccccc2)=N1. The molecule has 1 aliphatic rings. The molecular formula is C18H17ClN2O3S. The lowest BCUT2D eigenvalue weighted by Crippen LogP contribution is -2.30. The van der Waals surface area contributed by atoms with Gasteiger partial charge in [-0.1, -0.05) is 54.1 Å². The number of amides is 1. The Morgan fingerprint density at radius 2 is 1.76 bits per heavy atom. The summed E-state index contributed by atoms with van der Waals surface area (Å²) in [7, 11) is -3.57. The molecule has 1 heterocycles. The number of nitrogens with zero attached hydrogens (tertiary/aromatic N) is 2. The highest BCUT2D eigenvalue weighted by Crippen LogP contribution is 2.16. The van der Waals surface area contributed by atoms with Crippen molar-refractivity contribution >= 4 is 33.1 Å². The zero-order chi connectivity index (χ0) is 17.9. The minimum Gasteiger partial charge on any atom is -0.272 e. The Morgan fingerprint density at radius 1 is 1.08 bits per heavy atom. The minimum absolute atomic E-state index is 0.195. The van der Waals surface area contributed by atoms with Gasteiger partial charge in [0.1, 0.15) is 5.75 Å². The summed E-state index contributed by atoms with van der Waals surface area (Å²) in [6.07, 6.45) is 0.618. The fourth-order valence-electron chi connectivity index (χ4n) is 2.62. The number of benzene rings is 2. The van der Waals surface area contributed by atoms with E-state index in [1.165, 1.54) is 5.01 Å². The number of rotatable bonds is 5. The third-order valence-corrected chi connectivity index (χ3v) is 5.55. The maximum atomic E-state index is 12.3. The first-order chi connectivity index (χ1) is 11.9. The number of hydrogen-bond donors (Lipinski definition) is 0. The first kappa shape index (κ1) is 17.6. The molecule has 0 N–H and O–H groups in total. The smallest absolute Gasteiger partial charge is 0.257 e. The van der Waals surface area contributed by atoms with Crippen LogP contribution < -0.4 is 0 Å². The van der Waals surface area contributed by atoms with Gasteiger partial charge in [-0.15, -0.1) is 0 Å². The first-order valence-corrected chi connectivity index (χ1v) is 10.0. The summed E-state index contributed by atoms with van der Waals surface area (Å²) in [6, 6.07) is 16.1. The highest BCUT2D eigenvalue weighted by molar-refractivity contribution is 7.91. The zero-order valence-corrected chi connectivity index (χ0v) is 15.0. The predicted molar refractivity (Wildman–Crippen MR) is 98.3 cm³/mol. The van der Waals surface area contributed by atoms with Crippen molar-refractivity contribution in [3.63, 3.8) is 0 Å². The van der Waals surface area contributed by atoms with E-state index in [9.17, 15) is 13.2 Å². The fraction of sp³-hybridized carbons (Fsp3) is 0.222. The summed E-state index contributed by atoms with van der Waals surface area (Å²) in [6.45, 7) is 0.402. The van der Waals surface area contributed by atoms with Crippen molar-refractivity contribution in [3.8, 4) is 0 Å². The monoisotopic (exact) mass is 376 g/mol. The summed E-state index contributed by atoms with van der Waals surface area (Å²) >= 11 is 5.79. The highest BCUT2D eigenvalue weighted by atomic mass is 35.5. The Morgan fingerprint density at radius 3 is 2.44 bits per heavy atom. The van der Waals surface area contributed by atoms with Gasteiger partial charge in [-0.05, 0) is 23.3 Å². The summed E-state index contributed by atoms with van der Waals surface area (Å²) in [4.78, 5) is 12.3. The van der Waals surface area contributed by atoms with Crippen LogP contribution in [-0.2, 0) is 20.4 Å². The summed E-state index contributed by atoms with van der Waals surface area (Å²) in [5.41, 5.74) is 2.35. The average molecular weight is 377 g/mol. The van der Waals surface area contributed by atoms with E-state index in [0.717, 1.165) is 11.3 Å². The lowest BCUT2D eigenvalue weighted by Gasteiger charge is -2.11. The second-order valence-corrected chi connectivity index (χ2v) is 8.34. The van der Waals surface area contributed by atoms with Crippen LogP contribution in [0.3, 0.4) is 0 Å². The van der Waals surface area contributed by atoms with Crippen LogP contribution in [0.1, 0.15) is 17.5 Å². The molecule has 0 unspecified atom stereocenters. The van der Waals surface area contributed by atoms with Crippen LogP contribution in [0.25, 0.3) is 0 Å². The molecule has 0 aromatic heterocycles. The lowest BCUT2D eigenvalue weighted by molar-refractivity contribution is -0.127. The number of carbonyl (C=O) groups is 1. The maximum Gasteiger partial charge on any atom is 0.257 e. The van der Waals surface area contributed by atoms with Crippen LogP contribution >= 0.6 is 11.6 Å². The van der Waals surface area contributed by atoms with Gasteiger partial charge in [0.05, 0.1) is 18.0 Å². The van der Waals surface area contributed by atoms with Gasteiger partial charge in [-0.2, -0.15) is 5.10 Å². The molecule has 1 aliphatic heterocycles. The van der Waals surface area contributed by atoms with E-state index in [4.69, 9.17) is 11.6 Å². The van der Waals surface area contributed by atoms with Gasteiger partial charge in [0.2, 0.25) is 0 Å². The molecular weight excluding hydrogens is 360 g/mol. The van der Waals surface area contributed by atoms with E-state index in [1.54, 1.807) is 24.3 Å². The summed E-state index contributed by atoms with van der Waals surface area (Å²) in [5.74, 6) is -1.25. The maximum absolute atomic E-state index is 12.3. The molecule has 5 nitrogen and oxygen atoms in total. The Kier molecular flexibility index (Phi) is 5.20. The van der Waals surface area contributed by atoms with Crippen LogP contribution in [0.2, 0.25) is 5.02 Å². The van der Waals surface area contributed by atoms with Crippen molar-refractivity contribution in [2.24, 2.45) is 5.10 Å². The molecule has 0 saturated carbocycles. The second-order valence-electron chi connectivity index (χ2n) is 5.84. The van der Waals surface area contributed by atoms with E-state index in [2.05, 4.69) is 5.10 Å². The molecule has 0 bridgehead atoms. The van der Waals surface area contributed by atoms with Gasteiger partial charge in [-0.25, -0.2) is 13.4 Å². The number of hydrogen-bond acceptors (Lipinski definition) is 4. The topological polar surface area (TPSA) is 66.8 Å². The van der Waals surface area contributed by atoms with Crippen molar-refractivity contribution < 1.29 is 13.2 Å². The zero-order valence-electron chi connectivity index (χ0n) is 13.4. The van der Waals surface area contributed by atoms with E-state index < -0.39 is 21.5 Å². The van der Waals surface area contributed by atoms with E-state index in [1.807, 2.05) is 30.3 Å². The fourth-order valence-corrected chi connectivity index (χ4v) is 4.07. The summed E-state index contributed by atoms with van der Waals surface area (Å²) < 4.78 is 24.5. The van der Waals surface area contributed by atoms with Crippen LogP contribution in [0.15, 0.2) is 59.7 Å². The molecule has 7 heteroatoms. The van der Waals surface area contributed by atoms with Gasteiger partial charge in [-0.3, -0.25) is 4.79 Å². The largest absolute Gasteiger partial charge is 0.272 e. The van der Waals surface area contributed by atoms with Gasteiger partial charge >= 0.3 is 0 Å². The van der Waals surface area contributed by atoms with Gasteiger partial charge in [0.15, 0.2) is 9.84 Å². The standard InChI is InChI=1S/C18H17ClN2O3S/c19-16-8-6-14(7-9-16)12-25(23,24)13-18(22)21-11-10-17(20-21)15-4-2-1-3-5-15/h1-9H,10-13H2. The Hall–Kier alpha value is -2.18. The van der Waals surface area contributed by atoms with Crippen molar-refractivity contribution in [3.05, 3.63) is 70.7 Å². The van der Waals surface area contributed by atoms with Gasteiger partial charge in [0.25, 0.3) is 5.91 Å². The lowest BCUT2D eigenvalue weighted by atomic mass is 10.1. The van der Waals surface area contributed by atoms with Crippen LogP contribution in [0, 0.1) is 0 Å². The van der Waals surface area contributed by atoms with Crippen molar-refractivity contribution in [1.29, 1.82) is 0 Å². The Bertz CT molecular complexity index is 894. The minimum atomic E-state index is -3.57. The Balaban J connectivity index is 1.65. The van der Waals surface area contributed by atoms with Gasteiger partial charge < -0.3 is 0 Å². The van der Waals surface area contributed by atoms with E-state index >= 15 is 0 Å². The molecule has 0 spiro atoms. The molecule has 1 amide bonds. The normalized spacial score (nSPS) is 14.4. The quantitative estimate of drug-likeness (QED) is 0.805. The van der Waals surface area contributed by atoms with Crippen molar-refractivity contribution in [2.45, 2.75) is 12.2 Å². The van der Waals surface area contributed by atoms with Gasteiger partial charge in [0, 0.05) is 11.4 Å². The second kappa shape index (κ2) is 7.37. The number of hydrazone groups is 1. The molecule has 130 valence electrons. The number of sulfone groups is 1. The molecule has 0 saturated heterocycles. The summed E-state index contributed by atoms with van der Waals surface area (Å²) in [5, 5.41) is 6.07. The molecule has 25 heavy (non-hydrogen) atoms. The first-order valence-electron chi connectivity index (χ1n) is 7.81. The van der Waals surface area contributed by atoms with E-state index in [-0.39, 0.29) is 5.75 Å². The Labute approximate surface area is 151 Å². The highest BCUT2D eigenvalue weighted by Gasteiger charge is 2.26. The van der Waals surface area contributed by atoms with Crippen LogP contribution in [0.4, 0.5) is 0 Å².